The molecule has 0 fully saturated rings. The Bertz CT molecular complexity index is 432. The number of rotatable bonds is 5. The lowest BCUT2D eigenvalue weighted by Crippen LogP contribution is -2.26. The SMILES string of the molecule is COC(C)(C)CCNc1ccc(Br)cc1C(F)(F)F. The molecule has 108 valence electrons. The monoisotopic (exact) mass is 339 g/mol. The minimum atomic E-state index is -4.37. The molecule has 0 radical (unpaired) electrons. The van der Waals surface area contributed by atoms with Gasteiger partial charge in [0.25, 0.3) is 0 Å². The van der Waals surface area contributed by atoms with Gasteiger partial charge in [0.05, 0.1) is 11.2 Å². The van der Waals surface area contributed by atoms with E-state index in [2.05, 4.69) is 21.2 Å². The summed E-state index contributed by atoms with van der Waals surface area (Å²) in [5.74, 6) is 0. The molecule has 0 spiro atoms. The summed E-state index contributed by atoms with van der Waals surface area (Å²) in [5.41, 5.74) is -0.944. The van der Waals surface area contributed by atoms with Gasteiger partial charge < -0.3 is 10.1 Å². The van der Waals surface area contributed by atoms with Crippen molar-refractivity contribution >= 4 is 21.6 Å². The van der Waals surface area contributed by atoms with Crippen LogP contribution in [0.5, 0.6) is 0 Å². The summed E-state index contributed by atoms with van der Waals surface area (Å²) in [6.07, 6.45) is -3.76. The first-order valence-electron chi connectivity index (χ1n) is 5.81. The molecule has 1 aromatic carbocycles. The molecule has 1 N–H and O–H groups in total. The number of halogens is 4. The lowest BCUT2D eigenvalue weighted by Gasteiger charge is -2.23. The van der Waals surface area contributed by atoms with E-state index >= 15 is 0 Å². The van der Waals surface area contributed by atoms with Gasteiger partial charge in [0, 0.05) is 23.8 Å². The molecular weight excluding hydrogens is 323 g/mol. The van der Waals surface area contributed by atoms with E-state index in [4.69, 9.17) is 4.74 Å². The summed E-state index contributed by atoms with van der Waals surface area (Å²) < 4.78 is 44.2. The van der Waals surface area contributed by atoms with Crippen LogP contribution in [0.1, 0.15) is 25.8 Å². The lowest BCUT2D eigenvalue weighted by atomic mass is 10.1. The second kappa shape index (κ2) is 6.13. The molecule has 0 aliphatic carbocycles. The molecule has 1 rings (SSSR count). The fourth-order valence-electron chi connectivity index (χ4n) is 1.51. The average Bonchev–Trinajstić information content (AvgIpc) is 2.29. The van der Waals surface area contributed by atoms with Crippen molar-refractivity contribution in [3.63, 3.8) is 0 Å². The van der Waals surface area contributed by atoms with Crippen LogP contribution in [0.15, 0.2) is 22.7 Å². The third-order valence-electron chi connectivity index (χ3n) is 2.88. The molecule has 0 unspecified atom stereocenters. The molecule has 0 bridgehead atoms. The van der Waals surface area contributed by atoms with Crippen molar-refractivity contribution in [2.24, 2.45) is 0 Å². The molecule has 2 nitrogen and oxygen atoms in total. The third kappa shape index (κ3) is 5.03. The zero-order valence-corrected chi connectivity index (χ0v) is 12.7. The van der Waals surface area contributed by atoms with E-state index in [1.807, 2.05) is 13.8 Å². The number of anilines is 1. The smallest absolute Gasteiger partial charge is 0.384 e. The summed E-state index contributed by atoms with van der Waals surface area (Å²) in [6, 6.07) is 4.08. The van der Waals surface area contributed by atoms with Crippen molar-refractivity contribution in [2.45, 2.75) is 32.0 Å². The van der Waals surface area contributed by atoms with Crippen LogP contribution in [0.25, 0.3) is 0 Å². The van der Waals surface area contributed by atoms with E-state index in [0.29, 0.717) is 17.4 Å². The van der Waals surface area contributed by atoms with E-state index in [0.717, 1.165) is 6.07 Å². The Balaban J connectivity index is 2.79. The predicted octanol–water partition coefficient (Wildman–Crippen LogP) is 4.69. The quantitative estimate of drug-likeness (QED) is 0.839. The minimum absolute atomic E-state index is 0.0857. The molecule has 1 aromatic rings. The third-order valence-corrected chi connectivity index (χ3v) is 3.38. The first kappa shape index (κ1) is 16.3. The number of alkyl halides is 3. The molecule has 0 aliphatic rings. The largest absolute Gasteiger partial charge is 0.418 e. The van der Waals surface area contributed by atoms with Gasteiger partial charge in [-0.25, -0.2) is 0 Å². The average molecular weight is 340 g/mol. The Morgan fingerprint density at radius 2 is 1.89 bits per heavy atom. The lowest BCUT2D eigenvalue weighted by molar-refractivity contribution is -0.137. The Hall–Kier alpha value is -0.750. The van der Waals surface area contributed by atoms with Crippen LogP contribution in [0.2, 0.25) is 0 Å². The standard InChI is InChI=1S/C13H17BrF3NO/c1-12(2,19-3)6-7-18-11-5-4-9(14)8-10(11)13(15,16)17/h4-5,8,18H,6-7H2,1-3H3. The minimum Gasteiger partial charge on any atom is -0.384 e. The molecule has 0 aliphatic heterocycles. The van der Waals surface area contributed by atoms with Crippen LogP contribution in [-0.4, -0.2) is 19.3 Å². The van der Waals surface area contributed by atoms with E-state index in [1.54, 1.807) is 13.2 Å². The number of benzene rings is 1. The van der Waals surface area contributed by atoms with Crippen LogP contribution in [0.3, 0.4) is 0 Å². The predicted molar refractivity (Wildman–Crippen MR) is 73.3 cm³/mol. The molecule has 19 heavy (non-hydrogen) atoms. The zero-order chi connectivity index (χ0) is 14.7. The van der Waals surface area contributed by atoms with Crippen LogP contribution in [-0.2, 0) is 10.9 Å². The van der Waals surface area contributed by atoms with Gasteiger partial charge in [-0.3, -0.25) is 0 Å². The number of hydrogen-bond acceptors (Lipinski definition) is 2. The molecule has 0 atom stereocenters. The highest BCUT2D eigenvalue weighted by Gasteiger charge is 2.33. The van der Waals surface area contributed by atoms with Crippen molar-refractivity contribution in [2.75, 3.05) is 19.0 Å². The summed E-state index contributed by atoms with van der Waals surface area (Å²) in [4.78, 5) is 0. The van der Waals surface area contributed by atoms with Gasteiger partial charge in [-0.15, -0.1) is 0 Å². The van der Waals surface area contributed by atoms with E-state index in [-0.39, 0.29) is 11.3 Å². The second-order valence-corrected chi connectivity index (χ2v) is 5.74. The molecule has 0 aromatic heterocycles. The number of hydrogen-bond donors (Lipinski definition) is 1. The molecule has 0 amide bonds. The van der Waals surface area contributed by atoms with Crippen LogP contribution in [0.4, 0.5) is 18.9 Å². The molecule has 0 saturated carbocycles. The van der Waals surface area contributed by atoms with E-state index in [1.165, 1.54) is 6.07 Å². The fraction of sp³-hybridized carbons (Fsp3) is 0.538. The Morgan fingerprint density at radius 1 is 1.26 bits per heavy atom. The number of methoxy groups -OCH3 is 1. The maximum Gasteiger partial charge on any atom is 0.418 e. The van der Waals surface area contributed by atoms with E-state index in [9.17, 15) is 13.2 Å². The summed E-state index contributed by atoms with van der Waals surface area (Å²) in [7, 11) is 1.58. The topological polar surface area (TPSA) is 21.3 Å². The first-order chi connectivity index (χ1) is 8.65. The van der Waals surface area contributed by atoms with Gasteiger partial charge in [0.2, 0.25) is 0 Å². The van der Waals surface area contributed by atoms with Crippen molar-refractivity contribution in [1.82, 2.24) is 0 Å². The van der Waals surface area contributed by atoms with Crippen molar-refractivity contribution in [3.05, 3.63) is 28.2 Å². The highest BCUT2D eigenvalue weighted by Crippen LogP contribution is 2.36. The highest BCUT2D eigenvalue weighted by molar-refractivity contribution is 9.10. The van der Waals surface area contributed by atoms with Crippen LogP contribution in [0, 0.1) is 0 Å². The molecule has 0 heterocycles. The maximum absolute atomic E-state index is 12.9. The van der Waals surface area contributed by atoms with Gasteiger partial charge in [0.1, 0.15) is 0 Å². The van der Waals surface area contributed by atoms with Crippen molar-refractivity contribution in [3.8, 4) is 0 Å². The van der Waals surface area contributed by atoms with E-state index < -0.39 is 11.7 Å². The normalized spacial score (nSPS) is 12.6. The van der Waals surface area contributed by atoms with Crippen molar-refractivity contribution < 1.29 is 17.9 Å². The number of nitrogens with one attached hydrogen (secondary N) is 1. The molecular formula is C13H17BrF3NO. The molecule has 6 heteroatoms. The Kier molecular flexibility index (Phi) is 5.26. The van der Waals surface area contributed by atoms with Gasteiger partial charge >= 0.3 is 6.18 Å². The van der Waals surface area contributed by atoms with Gasteiger partial charge in [0.15, 0.2) is 0 Å². The summed E-state index contributed by atoms with van der Waals surface area (Å²) in [6.45, 7) is 4.19. The Morgan fingerprint density at radius 3 is 2.42 bits per heavy atom. The molecule has 0 saturated heterocycles. The maximum atomic E-state index is 12.9. The second-order valence-electron chi connectivity index (χ2n) is 4.83. The van der Waals surface area contributed by atoms with Crippen LogP contribution >= 0.6 is 15.9 Å². The summed E-state index contributed by atoms with van der Waals surface area (Å²) in [5, 5.41) is 2.82. The first-order valence-corrected chi connectivity index (χ1v) is 6.61. The zero-order valence-electron chi connectivity index (χ0n) is 11.1. The summed E-state index contributed by atoms with van der Waals surface area (Å²) >= 11 is 3.05. The van der Waals surface area contributed by atoms with Gasteiger partial charge in [-0.2, -0.15) is 13.2 Å². The Labute approximate surface area is 119 Å². The number of ether oxygens (including phenoxy) is 1. The van der Waals surface area contributed by atoms with Crippen molar-refractivity contribution in [1.29, 1.82) is 0 Å². The highest BCUT2D eigenvalue weighted by atomic mass is 79.9. The van der Waals surface area contributed by atoms with Gasteiger partial charge in [-0.05, 0) is 38.5 Å². The van der Waals surface area contributed by atoms with Crippen LogP contribution < -0.4 is 5.32 Å². The van der Waals surface area contributed by atoms with Gasteiger partial charge in [-0.1, -0.05) is 15.9 Å². The fourth-order valence-corrected chi connectivity index (χ4v) is 1.87.